The van der Waals surface area contributed by atoms with Crippen LogP contribution in [0.3, 0.4) is 0 Å². The molecule has 0 radical (unpaired) electrons. The van der Waals surface area contributed by atoms with E-state index in [1.807, 2.05) is 37.6 Å². The molecule has 1 fully saturated rings. The van der Waals surface area contributed by atoms with Crippen LogP contribution < -0.4 is 10.1 Å². The topological polar surface area (TPSA) is 78.8 Å². The molecule has 1 aromatic heterocycles. The number of hydrogen-bond acceptors (Lipinski definition) is 5. The second-order valence-corrected chi connectivity index (χ2v) is 10.1. The van der Waals surface area contributed by atoms with Crippen LogP contribution in [-0.2, 0) is 9.47 Å². The monoisotopic (exact) mass is 518 g/mol. The summed E-state index contributed by atoms with van der Waals surface area (Å²) in [7, 11) is 1.30. The van der Waals surface area contributed by atoms with Gasteiger partial charge in [-0.3, -0.25) is 0 Å². The lowest BCUT2D eigenvalue weighted by molar-refractivity contribution is -0.274. The number of amides is 1. The Morgan fingerprint density at radius 2 is 1.73 bits per heavy atom. The van der Waals surface area contributed by atoms with Gasteiger partial charge in [0, 0.05) is 23.3 Å². The molecule has 37 heavy (non-hydrogen) atoms. The Bertz CT molecular complexity index is 1290. The number of ether oxygens (including phenoxy) is 3. The Labute approximate surface area is 212 Å². The molecule has 10 heteroatoms. The number of alkyl carbamates (subject to hydrolysis) is 1. The summed E-state index contributed by atoms with van der Waals surface area (Å²) in [6, 6.07) is 10.7. The SMILES string of the molecule is COC(=O)c1ccc2c(C3CCC(NC(=O)OC(C)(C)C)C3)cn(-c3ccc(OC(F)(F)F)cc3)c2c1. The van der Waals surface area contributed by atoms with Crippen LogP contribution in [0.2, 0.25) is 0 Å². The van der Waals surface area contributed by atoms with E-state index in [-0.39, 0.29) is 17.7 Å². The van der Waals surface area contributed by atoms with Crippen molar-refractivity contribution in [1.29, 1.82) is 0 Å². The van der Waals surface area contributed by atoms with E-state index in [0.29, 0.717) is 23.2 Å². The molecule has 3 aromatic rings. The van der Waals surface area contributed by atoms with E-state index in [1.165, 1.54) is 31.4 Å². The fourth-order valence-electron chi connectivity index (χ4n) is 4.71. The fraction of sp³-hybridized carbons (Fsp3) is 0.407. The zero-order valence-electron chi connectivity index (χ0n) is 21.0. The number of carbonyl (C=O) groups excluding carboxylic acids is 2. The second-order valence-electron chi connectivity index (χ2n) is 10.1. The Balaban J connectivity index is 1.65. The molecule has 0 spiro atoms. The fourth-order valence-corrected chi connectivity index (χ4v) is 4.71. The molecule has 1 saturated carbocycles. The van der Waals surface area contributed by atoms with Crippen LogP contribution >= 0.6 is 0 Å². The zero-order valence-corrected chi connectivity index (χ0v) is 21.0. The van der Waals surface area contributed by atoms with Crippen LogP contribution in [0, 0.1) is 0 Å². The first-order valence-electron chi connectivity index (χ1n) is 11.9. The molecule has 1 amide bonds. The van der Waals surface area contributed by atoms with Crippen LogP contribution in [-0.4, -0.2) is 41.7 Å². The summed E-state index contributed by atoms with van der Waals surface area (Å²) in [5, 5.41) is 3.85. The van der Waals surface area contributed by atoms with E-state index < -0.39 is 24.0 Å². The molecule has 0 bridgehead atoms. The summed E-state index contributed by atoms with van der Waals surface area (Å²) >= 11 is 0. The number of carbonyl (C=O) groups is 2. The van der Waals surface area contributed by atoms with Gasteiger partial charge in [-0.05, 0) is 87.9 Å². The first-order chi connectivity index (χ1) is 17.3. The third-order valence-electron chi connectivity index (χ3n) is 6.20. The number of esters is 1. The van der Waals surface area contributed by atoms with E-state index in [0.717, 1.165) is 23.8 Å². The number of rotatable bonds is 5. The normalized spacial score (nSPS) is 18.0. The smallest absolute Gasteiger partial charge is 0.465 e. The standard InChI is InChI=1S/C27H29F3N2O5/c1-26(2,3)37-25(34)31-18-7-5-16(13-18)22-15-32(19-8-10-20(11-9-19)36-27(28,29)30)23-14-17(24(33)35-4)6-12-21(22)23/h6,8-12,14-16,18H,5,7,13H2,1-4H3,(H,31,34). The maximum atomic E-state index is 12.6. The summed E-state index contributed by atoms with van der Waals surface area (Å²) in [4.78, 5) is 24.4. The predicted octanol–water partition coefficient (Wildman–Crippen LogP) is 6.48. The van der Waals surface area contributed by atoms with E-state index >= 15 is 0 Å². The van der Waals surface area contributed by atoms with Gasteiger partial charge in [-0.15, -0.1) is 13.2 Å². The van der Waals surface area contributed by atoms with Crippen molar-refractivity contribution in [3.05, 3.63) is 59.8 Å². The highest BCUT2D eigenvalue weighted by Gasteiger charge is 2.32. The first-order valence-corrected chi connectivity index (χ1v) is 11.9. The van der Waals surface area contributed by atoms with Gasteiger partial charge in [0.2, 0.25) is 0 Å². The van der Waals surface area contributed by atoms with Gasteiger partial charge in [0.25, 0.3) is 0 Å². The van der Waals surface area contributed by atoms with E-state index in [1.54, 1.807) is 12.1 Å². The van der Waals surface area contributed by atoms with Gasteiger partial charge in [0.1, 0.15) is 11.4 Å². The van der Waals surface area contributed by atoms with Crippen LogP contribution in [0.1, 0.15) is 61.9 Å². The average Bonchev–Trinajstić information content (AvgIpc) is 3.40. The Morgan fingerprint density at radius 3 is 2.35 bits per heavy atom. The molecule has 1 aliphatic carbocycles. The number of aromatic nitrogens is 1. The minimum Gasteiger partial charge on any atom is -0.465 e. The third-order valence-corrected chi connectivity index (χ3v) is 6.20. The van der Waals surface area contributed by atoms with Crippen LogP contribution in [0.4, 0.5) is 18.0 Å². The number of nitrogens with zero attached hydrogens (tertiary/aromatic N) is 1. The van der Waals surface area contributed by atoms with Gasteiger partial charge in [-0.2, -0.15) is 0 Å². The molecule has 2 atom stereocenters. The van der Waals surface area contributed by atoms with Gasteiger partial charge in [-0.25, -0.2) is 9.59 Å². The predicted molar refractivity (Wildman–Crippen MR) is 131 cm³/mol. The third kappa shape index (κ3) is 6.36. The lowest BCUT2D eigenvalue weighted by atomic mass is 9.96. The number of nitrogens with one attached hydrogen (secondary N) is 1. The Kier molecular flexibility index (Phi) is 7.12. The second kappa shape index (κ2) is 9.99. The number of alkyl halides is 3. The van der Waals surface area contributed by atoms with Crippen molar-refractivity contribution in [2.75, 3.05) is 7.11 Å². The summed E-state index contributed by atoms with van der Waals surface area (Å²) in [6.07, 6.45) is -0.987. The number of fused-ring (bicyclic) bond motifs is 1. The van der Waals surface area contributed by atoms with E-state index in [9.17, 15) is 22.8 Å². The van der Waals surface area contributed by atoms with Crippen molar-refractivity contribution in [1.82, 2.24) is 9.88 Å². The molecule has 2 aromatic carbocycles. The van der Waals surface area contributed by atoms with Crippen molar-refractivity contribution < 1.29 is 37.0 Å². The highest BCUT2D eigenvalue weighted by molar-refractivity contribution is 5.96. The number of hydrogen-bond donors (Lipinski definition) is 1. The van der Waals surface area contributed by atoms with Crippen molar-refractivity contribution >= 4 is 23.0 Å². The highest BCUT2D eigenvalue weighted by Crippen LogP contribution is 2.40. The summed E-state index contributed by atoms with van der Waals surface area (Å²) in [5.41, 5.74) is 2.11. The molecule has 1 aliphatic rings. The largest absolute Gasteiger partial charge is 0.573 e. The molecule has 0 saturated heterocycles. The van der Waals surface area contributed by atoms with E-state index in [4.69, 9.17) is 9.47 Å². The average molecular weight is 519 g/mol. The van der Waals surface area contributed by atoms with Crippen molar-refractivity contribution in [3.8, 4) is 11.4 Å². The summed E-state index contributed by atoms with van der Waals surface area (Å²) in [5.74, 6) is -0.692. The van der Waals surface area contributed by atoms with Crippen molar-refractivity contribution in [2.24, 2.45) is 0 Å². The van der Waals surface area contributed by atoms with Gasteiger partial charge in [-0.1, -0.05) is 6.07 Å². The molecule has 4 rings (SSSR count). The minimum absolute atomic E-state index is 0.0496. The van der Waals surface area contributed by atoms with Gasteiger partial charge < -0.3 is 24.1 Å². The minimum atomic E-state index is -4.78. The van der Waals surface area contributed by atoms with Crippen LogP contribution in [0.25, 0.3) is 16.6 Å². The summed E-state index contributed by atoms with van der Waals surface area (Å²) in [6.45, 7) is 5.43. The number of methoxy groups -OCH3 is 1. The van der Waals surface area contributed by atoms with Crippen molar-refractivity contribution in [3.63, 3.8) is 0 Å². The number of benzene rings is 2. The zero-order chi connectivity index (χ0) is 27.0. The summed E-state index contributed by atoms with van der Waals surface area (Å²) < 4.78 is 53.8. The maximum Gasteiger partial charge on any atom is 0.573 e. The number of halogens is 3. The van der Waals surface area contributed by atoms with Crippen molar-refractivity contribution in [2.45, 2.75) is 64.0 Å². The molecule has 1 heterocycles. The molecule has 0 aliphatic heterocycles. The molecular weight excluding hydrogens is 489 g/mol. The molecule has 2 unspecified atom stereocenters. The Morgan fingerprint density at radius 1 is 1.03 bits per heavy atom. The maximum absolute atomic E-state index is 12.6. The molecule has 198 valence electrons. The lowest BCUT2D eigenvalue weighted by Gasteiger charge is -2.21. The van der Waals surface area contributed by atoms with Gasteiger partial charge in [0.05, 0.1) is 18.2 Å². The molecular formula is C27H29F3N2O5. The molecule has 7 nitrogen and oxygen atoms in total. The highest BCUT2D eigenvalue weighted by atomic mass is 19.4. The Hall–Kier alpha value is -3.69. The van der Waals surface area contributed by atoms with Gasteiger partial charge >= 0.3 is 18.4 Å². The van der Waals surface area contributed by atoms with Gasteiger partial charge in [0.15, 0.2) is 0 Å². The van der Waals surface area contributed by atoms with Crippen LogP contribution in [0.5, 0.6) is 5.75 Å². The first kappa shape index (κ1) is 26.4. The van der Waals surface area contributed by atoms with Crippen LogP contribution in [0.15, 0.2) is 48.7 Å². The van der Waals surface area contributed by atoms with E-state index in [2.05, 4.69) is 10.1 Å². The quantitative estimate of drug-likeness (QED) is 0.392. The lowest BCUT2D eigenvalue weighted by Crippen LogP contribution is -2.37. The molecule has 1 N–H and O–H groups in total.